The van der Waals surface area contributed by atoms with Crippen molar-refractivity contribution in [2.75, 3.05) is 0 Å². The highest BCUT2D eigenvalue weighted by atomic mass is 16.5. The third-order valence-corrected chi connectivity index (χ3v) is 2.63. The van der Waals surface area contributed by atoms with E-state index in [1.807, 2.05) is 6.92 Å². The number of carbonyl (C=O) groups is 2. The highest BCUT2D eigenvalue weighted by Gasteiger charge is 2.44. The van der Waals surface area contributed by atoms with Gasteiger partial charge in [-0.2, -0.15) is 0 Å². The second kappa shape index (κ2) is 4.12. The molecule has 2 N–H and O–H groups in total. The van der Waals surface area contributed by atoms with E-state index in [9.17, 15) is 19.8 Å². The Labute approximate surface area is 88.0 Å². The largest absolute Gasteiger partial charge is 0.366 e. The van der Waals surface area contributed by atoms with Gasteiger partial charge in [-0.3, -0.25) is 14.5 Å². The topological polar surface area (TPSA) is 77.8 Å². The van der Waals surface area contributed by atoms with E-state index < -0.39 is 23.6 Å². The molecule has 0 aromatic heterocycles. The van der Waals surface area contributed by atoms with E-state index in [0.717, 1.165) is 17.1 Å². The number of hydrogen-bond donors (Lipinski definition) is 2. The molecule has 84 valence electrons. The Hall–Kier alpha value is -1.20. The lowest BCUT2D eigenvalue weighted by Crippen LogP contribution is -2.57. The van der Waals surface area contributed by atoms with Crippen molar-refractivity contribution in [3.05, 3.63) is 12.2 Å². The first kappa shape index (κ1) is 11.9. The number of hydrogen-bond acceptors (Lipinski definition) is 4. The van der Waals surface area contributed by atoms with E-state index in [4.69, 9.17) is 0 Å². The van der Waals surface area contributed by atoms with Crippen LogP contribution in [0.5, 0.6) is 0 Å². The van der Waals surface area contributed by atoms with Crippen LogP contribution in [0.3, 0.4) is 0 Å². The summed E-state index contributed by atoms with van der Waals surface area (Å²) in [6.45, 7) is 3.34. The van der Waals surface area contributed by atoms with Crippen LogP contribution in [0.4, 0.5) is 0 Å². The van der Waals surface area contributed by atoms with Gasteiger partial charge in [-0.15, -0.1) is 0 Å². The second-order valence-electron chi connectivity index (χ2n) is 3.83. The van der Waals surface area contributed by atoms with E-state index in [-0.39, 0.29) is 0 Å². The van der Waals surface area contributed by atoms with Gasteiger partial charge in [-0.1, -0.05) is 13.3 Å². The molecule has 0 saturated carbocycles. The predicted octanol–water partition coefficient (Wildman–Crippen LogP) is -0.219. The lowest BCUT2D eigenvalue weighted by Gasteiger charge is -2.38. The molecule has 1 aliphatic heterocycles. The molecule has 0 saturated heterocycles. The summed E-state index contributed by atoms with van der Waals surface area (Å²) in [5.41, 5.74) is -1.24. The van der Waals surface area contributed by atoms with E-state index in [0.29, 0.717) is 12.8 Å². The van der Waals surface area contributed by atoms with E-state index in [1.54, 1.807) is 0 Å². The molecule has 0 aromatic rings. The van der Waals surface area contributed by atoms with Gasteiger partial charge in [0, 0.05) is 12.2 Å². The molecule has 0 bridgehead atoms. The van der Waals surface area contributed by atoms with Gasteiger partial charge in [-0.05, 0) is 13.3 Å². The average Bonchev–Trinajstić information content (AvgIpc) is 2.46. The Morgan fingerprint density at radius 3 is 2.13 bits per heavy atom. The number of amides is 2. The van der Waals surface area contributed by atoms with Gasteiger partial charge in [-0.25, -0.2) is 0 Å². The fraction of sp³-hybridized carbons (Fsp3) is 0.600. The maximum absolute atomic E-state index is 11.4. The van der Waals surface area contributed by atoms with Gasteiger partial charge in [0.2, 0.25) is 0 Å². The van der Waals surface area contributed by atoms with Gasteiger partial charge >= 0.3 is 0 Å². The van der Waals surface area contributed by atoms with Crippen molar-refractivity contribution in [2.24, 2.45) is 0 Å². The van der Waals surface area contributed by atoms with E-state index >= 15 is 0 Å². The lowest BCUT2D eigenvalue weighted by molar-refractivity contribution is -0.172. The molecular weight excluding hydrogens is 198 g/mol. The predicted molar refractivity (Wildman–Crippen MR) is 52.5 cm³/mol. The Kier molecular flexibility index (Phi) is 3.26. The SMILES string of the molecule is CCCC(C)(C(O)O)N1C(=O)C=CC1=O. The van der Waals surface area contributed by atoms with Crippen molar-refractivity contribution in [3.63, 3.8) is 0 Å². The quantitative estimate of drug-likeness (QED) is 0.500. The average molecular weight is 213 g/mol. The minimum absolute atomic E-state index is 0.351. The smallest absolute Gasteiger partial charge is 0.254 e. The highest BCUT2D eigenvalue weighted by Crippen LogP contribution is 2.27. The van der Waals surface area contributed by atoms with Gasteiger partial charge in [0.05, 0.1) is 5.54 Å². The molecule has 1 rings (SSSR count). The summed E-state index contributed by atoms with van der Waals surface area (Å²) in [4.78, 5) is 23.7. The highest BCUT2D eigenvalue weighted by molar-refractivity contribution is 6.13. The molecule has 1 heterocycles. The van der Waals surface area contributed by atoms with Crippen molar-refractivity contribution in [1.82, 2.24) is 4.90 Å². The summed E-state index contributed by atoms with van der Waals surface area (Å²) < 4.78 is 0. The molecule has 0 aromatic carbocycles. The third kappa shape index (κ3) is 1.93. The summed E-state index contributed by atoms with van der Waals surface area (Å²) in [7, 11) is 0. The Bertz CT molecular complexity index is 293. The van der Waals surface area contributed by atoms with E-state index in [2.05, 4.69) is 0 Å². The van der Waals surface area contributed by atoms with Gasteiger partial charge in [0.25, 0.3) is 11.8 Å². The van der Waals surface area contributed by atoms with Crippen molar-refractivity contribution in [1.29, 1.82) is 0 Å². The summed E-state index contributed by atoms with van der Waals surface area (Å²) in [5, 5.41) is 18.6. The Morgan fingerprint density at radius 1 is 1.33 bits per heavy atom. The number of aliphatic hydroxyl groups excluding tert-OH is 1. The normalized spacial score (nSPS) is 20.2. The minimum atomic E-state index is -1.73. The first-order chi connectivity index (χ1) is 6.93. The van der Waals surface area contributed by atoms with Crippen LogP contribution in [-0.4, -0.2) is 38.8 Å². The molecule has 0 spiro atoms. The number of rotatable bonds is 4. The van der Waals surface area contributed by atoms with Crippen molar-refractivity contribution < 1.29 is 19.8 Å². The van der Waals surface area contributed by atoms with Crippen molar-refractivity contribution in [2.45, 2.75) is 38.5 Å². The molecule has 2 amide bonds. The maximum atomic E-state index is 11.4. The van der Waals surface area contributed by atoms with Crippen molar-refractivity contribution in [3.8, 4) is 0 Å². The van der Waals surface area contributed by atoms with Crippen LogP contribution in [-0.2, 0) is 9.59 Å². The first-order valence-electron chi connectivity index (χ1n) is 4.86. The zero-order valence-electron chi connectivity index (χ0n) is 8.80. The fourth-order valence-electron chi connectivity index (χ4n) is 1.77. The van der Waals surface area contributed by atoms with Crippen LogP contribution in [0.1, 0.15) is 26.7 Å². The summed E-state index contributed by atoms with van der Waals surface area (Å²) in [5.74, 6) is -0.992. The number of nitrogens with zero attached hydrogens (tertiary/aromatic N) is 1. The lowest BCUT2D eigenvalue weighted by atomic mass is 9.93. The molecule has 1 aliphatic rings. The maximum Gasteiger partial charge on any atom is 0.254 e. The molecule has 5 nitrogen and oxygen atoms in total. The van der Waals surface area contributed by atoms with Gasteiger partial charge < -0.3 is 10.2 Å². The Morgan fingerprint density at radius 2 is 1.80 bits per heavy atom. The standard InChI is InChI=1S/C10H15NO4/c1-3-6-10(2,9(14)15)11-7(12)4-5-8(11)13/h4-5,9,14-15H,3,6H2,1-2H3. The number of carbonyl (C=O) groups excluding carboxylic acids is 2. The molecule has 0 fully saturated rings. The molecule has 0 radical (unpaired) electrons. The number of imide groups is 1. The summed E-state index contributed by atoms with van der Waals surface area (Å²) >= 11 is 0. The molecule has 15 heavy (non-hydrogen) atoms. The van der Waals surface area contributed by atoms with Crippen LogP contribution in [0.25, 0.3) is 0 Å². The van der Waals surface area contributed by atoms with Crippen LogP contribution in [0, 0.1) is 0 Å². The monoisotopic (exact) mass is 213 g/mol. The van der Waals surface area contributed by atoms with Gasteiger partial charge in [0.1, 0.15) is 0 Å². The molecule has 5 heteroatoms. The van der Waals surface area contributed by atoms with Crippen LogP contribution in [0.2, 0.25) is 0 Å². The minimum Gasteiger partial charge on any atom is -0.366 e. The van der Waals surface area contributed by atoms with Gasteiger partial charge in [0.15, 0.2) is 6.29 Å². The van der Waals surface area contributed by atoms with Crippen molar-refractivity contribution >= 4 is 11.8 Å². The first-order valence-corrected chi connectivity index (χ1v) is 4.86. The molecule has 1 atom stereocenters. The zero-order chi connectivity index (χ0) is 11.6. The van der Waals surface area contributed by atoms with Crippen LogP contribution >= 0.6 is 0 Å². The zero-order valence-corrected chi connectivity index (χ0v) is 8.80. The summed E-state index contributed by atoms with van der Waals surface area (Å²) in [6.07, 6.45) is 1.54. The molecular formula is C10H15NO4. The molecule has 0 aliphatic carbocycles. The summed E-state index contributed by atoms with van der Waals surface area (Å²) in [6, 6.07) is 0. The van der Waals surface area contributed by atoms with Crippen LogP contribution < -0.4 is 0 Å². The van der Waals surface area contributed by atoms with Crippen LogP contribution in [0.15, 0.2) is 12.2 Å². The third-order valence-electron chi connectivity index (χ3n) is 2.63. The van der Waals surface area contributed by atoms with E-state index in [1.165, 1.54) is 6.92 Å². The number of aliphatic hydroxyl groups is 2. The molecule has 1 unspecified atom stereocenters. The fourth-order valence-corrected chi connectivity index (χ4v) is 1.77. The Balaban J connectivity index is 3.00. The second-order valence-corrected chi connectivity index (χ2v) is 3.83.